The summed E-state index contributed by atoms with van der Waals surface area (Å²) in [6.07, 6.45) is 3.48. The monoisotopic (exact) mass is 417 g/mol. The van der Waals surface area contributed by atoms with Gasteiger partial charge in [-0.15, -0.1) is 0 Å². The van der Waals surface area contributed by atoms with E-state index in [1.165, 1.54) is 31.2 Å². The maximum Gasteiger partial charge on any atom is 0.324 e. The lowest BCUT2D eigenvalue weighted by atomic mass is 10.2. The first kappa shape index (κ1) is 19.9. The Balaban J connectivity index is 1.68. The lowest BCUT2D eigenvalue weighted by molar-refractivity contribution is -0.146. The van der Waals surface area contributed by atoms with Crippen LogP contribution in [0.1, 0.15) is 18.1 Å². The van der Waals surface area contributed by atoms with E-state index in [2.05, 4.69) is 10.8 Å². The van der Waals surface area contributed by atoms with E-state index in [0.717, 1.165) is 0 Å². The third-order valence-corrected chi connectivity index (χ3v) is 5.86. The molecule has 0 spiro atoms. The molecular weight excluding hydrogens is 402 g/mol. The quantitative estimate of drug-likeness (QED) is 0.621. The Morgan fingerprint density at radius 2 is 2.00 bits per heavy atom. The molecule has 2 heterocycles. The van der Waals surface area contributed by atoms with Crippen LogP contribution in [0.4, 0.5) is 0 Å². The van der Waals surface area contributed by atoms with Crippen molar-refractivity contribution in [2.24, 2.45) is 0 Å². The Labute approximate surface area is 167 Å². The third kappa shape index (κ3) is 4.17. The van der Waals surface area contributed by atoms with Crippen molar-refractivity contribution < 1.29 is 17.9 Å². The fourth-order valence-electron chi connectivity index (χ4n) is 2.65. The molecule has 0 fully saturated rings. The minimum atomic E-state index is -3.90. The van der Waals surface area contributed by atoms with E-state index in [-0.39, 0.29) is 11.5 Å². The van der Waals surface area contributed by atoms with Gasteiger partial charge in [0.2, 0.25) is 10.0 Å². The number of benzene rings is 1. The largest absolute Gasteiger partial charge is 0.460 e. The number of nitrogens with one attached hydrogen (secondary N) is 1. The maximum atomic E-state index is 12.3. The number of nitriles is 1. The van der Waals surface area contributed by atoms with Gasteiger partial charge in [0.25, 0.3) is 0 Å². The molecule has 0 saturated heterocycles. The zero-order valence-corrected chi connectivity index (χ0v) is 16.4. The summed E-state index contributed by atoms with van der Waals surface area (Å²) < 4.78 is 33.9. The molecule has 0 aliphatic carbocycles. The number of carbonyl (C=O) groups is 1. The van der Waals surface area contributed by atoms with Gasteiger partial charge >= 0.3 is 5.97 Å². The van der Waals surface area contributed by atoms with Crippen LogP contribution in [0.3, 0.4) is 0 Å². The lowest BCUT2D eigenvalue weighted by Crippen LogP contribution is -2.39. The number of rotatable bonds is 6. The van der Waals surface area contributed by atoms with Crippen molar-refractivity contribution in [1.29, 1.82) is 5.26 Å². The Morgan fingerprint density at radius 3 is 2.68 bits per heavy atom. The molecule has 7 nitrogen and oxygen atoms in total. The second kappa shape index (κ2) is 8.02. The van der Waals surface area contributed by atoms with Gasteiger partial charge in [0, 0.05) is 23.0 Å². The molecule has 9 heteroatoms. The van der Waals surface area contributed by atoms with Crippen LogP contribution in [-0.2, 0) is 26.2 Å². The molecule has 1 aromatic carbocycles. The van der Waals surface area contributed by atoms with Crippen molar-refractivity contribution >= 4 is 33.1 Å². The van der Waals surface area contributed by atoms with Gasteiger partial charge in [0.15, 0.2) is 0 Å². The number of nitrogens with zero attached hydrogens (tertiary/aromatic N) is 2. The van der Waals surface area contributed by atoms with Gasteiger partial charge < -0.3 is 9.14 Å². The van der Waals surface area contributed by atoms with Crippen LogP contribution < -0.4 is 4.72 Å². The average Bonchev–Trinajstić information content (AvgIpc) is 3.03. The summed E-state index contributed by atoms with van der Waals surface area (Å²) in [5.41, 5.74) is 1.64. The van der Waals surface area contributed by atoms with E-state index in [1.807, 2.05) is 6.07 Å². The first-order valence-corrected chi connectivity index (χ1v) is 10.1. The fraction of sp³-hybridized carbons (Fsp3) is 0.158. The number of carbonyl (C=O) groups excluding carboxylic acids is 1. The van der Waals surface area contributed by atoms with Gasteiger partial charge in [0.05, 0.1) is 16.0 Å². The predicted octanol–water partition coefficient (Wildman–Crippen LogP) is 2.87. The summed E-state index contributed by atoms with van der Waals surface area (Å²) in [4.78, 5) is 12.2. The van der Waals surface area contributed by atoms with Crippen LogP contribution in [0.25, 0.3) is 5.52 Å². The summed E-state index contributed by atoms with van der Waals surface area (Å²) in [5.74, 6) is -0.753. The van der Waals surface area contributed by atoms with E-state index in [1.54, 1.807) is 28.9 Å². The molecule has 144 valence electrons. The number of fused-ring (bicyclic) bond motifs is 1. The highest BCUT2D eigenvalue weighted by atomic mass is 35.5. The summed E-state index contributed by atoms with van der Waals surface area (Å²) >= 11 is 5.76. The Bertz CT molecular complexity index is 1160. The normalized spacial score (nSPS) is 12.5. The summed E-state index contributed by atoms with van der Waals surface area (Å²) in [6.45, 7) is 1.24. The van der Waals surface area contributed by atoms with E-state index in [0.29, 0.717) is 21.7 Å². The molecule has 0 aliphatic heterocycles. The average molecular weight is 418 g/mol. The summed E-state index contributed by atoms with van der Waals surface area (Å²) in [7, 11) is -3.90. The molecule has 3 rings (SSSR count). The molecular formula is C19H16ClN3O4S. The van der Waals surface area contributed by atoms with Gasteiger partial charge in [-0.2, -0.15) is 9.98 Å². The van der Waals surface area contributed by atoms with E-state index in [9.17, 15) is 18.5 Å². The van der Waals surface area contributed by atoms with Crippen LogP contribution in [0.5, 0.6) is 0 Å². The zero-order chi connectivity index (χ0) is 20.3. The highest BCUT2D eigenvalue weighted by Crippen LogP contribution is 2.19. The maximum absolute atomic E-state index is 12.3. The molecule has 0 saturated carbocycles. The molecule has 0 unspecified atom stereocenters. The zero-order valence-electron chi connectivity index (χ0n) is 14.8. The number of pyridine rings is 1. The van der Waals surface area contributed by atoms with Crippen LogP contribution in [0.2, 0.25) is 5.02 Å². The topological polar surface area (TPSA) is 101 Å². The highest BCUT2D eigenvalue weighted by molar-refractivity contribution is 7.89. The van der Waals surface area contributed by atoms with Crippen molar-refractivity contribution in [2.75, 3.05) is 0 Å². The van der Waals surface area contributed by atoms with Crippen LogP contribution in [0.15, 0.2) is 59.8 Å². The smallest absolute Gasteiger partial charge is 0.324 e. The molecule has 1 atom stereocenters. The number of hydrogen-bond acceptors (Lipinski definition) is 5. The van der Waals surface area contributed by atoms with Crippen molar-refractivity contribution in [3.63, 3.8) is 0 Å². The Morgan fingerprint density at radius 1 is 1.29 bits per heavy atom. The minimum Gasteiger partial charge on any atom is -0.460 e. The first-order valence-electron chi connectivity index (χ1n) is 8.25. The van der Waals surface area contributed by atoms with Crippen LogP contribution >= 0.6 is 11.6 Å². The van der Waals surface area contributed by atoms with Crippen molar-refractivity contribution in [2.45, 2.75) is 24.5 Å². The predicted molar refractivity (Wildman–Crippen MR) is 103 cm³/mol. The number of aromatic nitrogens is 1. The van der Waals surface area contributed by atoms with Gasteiger partial charge in [0.1, 0.15) is 18.7 Å². The number of hydrogen-bond donors (Lipinski definition) is 1. The van der Waals surface area contributed by atoms with Gasteiger partial charge in [-0.25, -0.2) is 8.42 Å². The second-order valence-corrected chi connectivity index (χ2v) is 8.19. The van der Waals surface area contributed by atoms with E-state index < -0.39 is 22.0 Å². The van der Waals surface area contributed by atoms with Crippen LogP contribution in [-0.4, -0.2) is 24.8 Å². The van der Waals surface area contributed by atoms with E-state index in [4.69, 9.17) is 16.3 Å². The SMILES string of the molecule is C[C@H](NS(=O)(=O)c1ccc(Cl)cc1)C(=O)OCc1cn2ccccc2c1C#N. The number of esters is 1. The number of halogens is 1. The van der Waals surface area contributed by atoms with Gasteiger partial charge in [-0.3, -0.25) is 4.79 Å². The second-order valence-electron chi connectivity index (χ2n) is 6.04. The summed E-state index contributed by atoms with van der Waals surface area (Å²) in [6, 6.07) is 12.0. The molecule has 0 amide bonds. The van der Waals surface area contributed by atoms with Crippen molar-refractivity contribution in [3.05, 3.63) is 71.0 Å². The van der Waals surface area contributed by atoms with Crippen molar-refractivity contribution in [3.8, 4) is 6.07 Å². The van der Waals surface area contributed by atoms with Crippen LogP contribution in [0, 0.1) is 11.3 Å². The van der Waals surface area contributed by atoms with Crippen molar-refractivity contribution in [1.82, 2.24) is 9.12 Å². The van der Waals surface area contributed by atoms with Gasteiger partial charge in [-0.1, -0.05) is 17.7 Å². The Hall–Kier alpha value is -2.86. The molecule has 28 heavy (non-hydrogen) atoms. The molecule has 0 radical (unpaired) electrons. The molecule has 0 bridgehead atoms. The third-order valence-electron chi connectivity index (χ3n) is 4.05. The first-order chi connectivity index (χ1) is 13.3. The Kier molecular flexibility index (Phi) is 5.70. The molecule has 1 N–H and O–H groups in total. The fourth-order valence-corrected chi connectivity index (χ4v) is 3.97. The highest BCUT2D eigenvalue weighted by Gasteiger charge is 2.23. The standard InChI is InChI=1S/C19H16ClN3O4S/c1-13(22-28(25,26)16-7-5-15(20)6-8-16)19(24)27-12-14-11-23-9-3-2-4-18(23)17(14)10-21/h2-9,11,13,22H,12H2,1H3/t13-/m0/s1. The number of sulfonamides is 1. The van der Waals surface area contributed by atoms with Gasteiger partial charge in [-0.05, 0) is 43.3 Å². The lowest BCUT2D eigenvalue weighted by Gasteiger charge is -2.13. The minimum absolute atomic E-state index is 0.0120. The molecule has 2 aromatic heterocycles. The molecule has 3 aromatic rings. The van der Waals surface area contributed by atoms with E-state index >= 15 is 0 Å². The summed E-state index contributed by atoms with van der Waals surface area (Å²) in [5, 5.41) is 9.78. The molecule has 0 aliphatic rings. The number of ether oxygens (including phenoxy) is 1.